The molecule has 0 unspecified atom stereocenters. The SMILES string of the molecule is O=Cc1cc([N+](=O)[O-])ccc1Oc1ccc(Cl)cc1. The zero-order chi connectivity index (χ0) is 13.8. The lowest BCUT2D eigenvalue weighted by atomic mass is 10.2. The molecule has 0 amide bonds. The number of aldehydes is 1. The largest absolute Gasteiger partial charge is 0.457 e. The highest BCUT2D eigenvalue weighted by molar-refractivity contribution is 6.30. The van der Waals surface area contributed by atoms with Crippen molar-refractivity contribution in [1.82, 2.24) is 0 Å². The van der Waals surface area contributed by atoms with Crippen molar-refractivity contribution < 1.29 is 14.5 Å². The third kappa shape index (κ3) is 3.08. The van der Waals surface area contributed by atoms with Gasteiger partial charge in [-0.05, 0) is 30.3 Å². The molecule has 0 saturated heterocycles. The van der Waals surface area contributed by atoms with Crippen LogP contribution in [0.4, 0.5) is 5.69 Å². The van der Waals surface area contributed by atoms with E-state index in [0.29, 0.717) is 17.1 Å². The molecule has 0 aliphatic heterocycles. The fourth-order valence-corrected chi connectivity index (χ4v) is 1.59. The molecule has 0 spiro atoms. The predicted octanol–water partition coefficient (Wildman–Crippen LogP) is 3.85. The quantitative estimate of drug-likeness (QED) is 0.483. The summed E-state index contributed by atoms with van der Waals surface area (Å²) in [5.41, 5.74) is -0.0466. The van der Waals surface area contributed by atoms with Crippen LogP contribution in [-0.2, 0) is 0 Å². The summed E-state index contributed by atoms with van der Waals surface area (Å²) in [7, 11) is 0. The third-order valence-electron chi connectivity index (χ3n) is 2.37. The number of nitro benzene ring substituents is 1. The number of halogens is 1. The Hall–Kier alpha value is -2.40. The van der Waals surface area contributed by atoms with Crippen molar-refractivity contribution in [1.29, 1.82) is 0 Å². The fraction of sp³-hybridized carbons (Fsp3) is 0. The Bertz CT molecular complexity index is 625. The molecule has 0 fully saturated rings. The van der Waals surface area contributed by atoms with Crippen molar-refractivity contribution in [3.63, 3.8) is 0 Å². The molecule has 5 nitrogen and oxygen atoms in total. The molecule has 0 aromatic heterocycles. The van der Waals surface area contributed by atoms with Crippen molar-refractivity contribution >= 4 is 23.6 Å². The van der Waals surface area contributed by atoms with Gasteiger partial charge < -0.3 is 4.74 Å². The lowest BCUT2D eigenvalue weighted by molar-refractivity contribution is -0.384. The van der Waals surface area contributed by atoms with Gasteiger partial charge in [-0.1, -0.05) is 11.6 Å². The van der Waals surface area contributed by atoms with E-state index in [1.807, 2.05) is 0 Å². The second-order valence-corrected chi connectivity index (χ2v) is 4.09. The first-order chi connectivity index (χ1) is 9.10. The van der Waals surface area contributed by atoms with E-state index in [4.69, 9.17) is 16.3 Å². The van der Waals surface area contributed by atoms with Gasteiger partial charge in [-0.25, -0.2) is 0 Å². The molecule has 0 bridgehead atoms. The molecule has 6 heteroatoms. The van der Waals surface area contributed by atoms with Crippen LogP contribution >= 0.6 is 11.6 Å². The van der Waals surface area contributed by atoms with Crippen LogP contribution in [0.15, 0.2) is 42.5 Å². The van der Waals surface area contributed by atoms with E-state index in [0.717, 1.165) is 6.07 Å². The van der Waals surface area contributed by atoms with Gasteiger partial charge in [-0.15, -0.1) is 0 Å². The van der Waals surface area contributed by atoms with E-state index in [2.05, 4.69) is 0 Å². The van der Waals surface area contributed by atoms with E-state index >= 15 is 0 Å². The van der Waals surface area contributed by atoms with Crippen LogP contribution < -0.4 is 4.74 Å². The Morgan fingerprint density at radius 1 is 1.16 bits per heavy atom. The highest BCUT2D eigenvalue weighted by atomic mass is 35.5. The van der Waals surface area contributed by atoms with E-state index in [9.17, 15) is 14.9 Å². The van der Waals surface area contributed by atoms with Crippen molar-refractivity contribution in [2.75, 3.05) is 0 Å². The van der Waals surface area contributed by atoms with Crippen LogP contribution in [0, 0.1) is 10.1 Å². The van der Waals surface area contributed by atoms with Gasteiger partial charge in [0.05, 0.1) is 10.5 Å². The number of nitrogens with zero attached hydrogens (tertiary/aromatic N) is 1. The van der Waals surface area contributed by atoms with E-state index in [1.54, 1.807) is 24.3 Å². The number of nitro groups is 1. The molecule has 2 aromatic rings. The predicted molar refractivity (Wildman–Crippen MR) is 70.0 cm³/mol. The summed E-state index contributed by atoms with van der Waals surface area (Å²) < 4.78 is 5.48. The van der Waals surface area contributed by atoms with Crippen molar-refractivity contribution in [3.8, 4) is 11.5 Å². The van der Waals surface area contributed by atoms with Crippen molar-refractivity contribution in [3.05, 3.63) is 63.2 Å². The molecule has 0 N–H and O–H groups in total. The van der Waals surface area contributed by atoms with Crippen LogP contribution in [0.25, 0.3) is 0 Å². The molecule has 0 heterocycles. The summed E-state index contributed by atoms with van der Waals surface area (Å²) in [6.45, 7) is 0. The monoisotopic (exact) mass is 277 g/mol. The fourth-order valence-electron chi connectivity index (χ4n) is 1.46. The second-order valence-electron chi connectivity index (χ2n) is 3.65. The molecule has 0 aliphatic carbocycles. The number of rotatable bonds is 4. The Morgan fingerprint density at radius 2 is 1.84 bits per heavy atom. The van der Waals surface area contributed by atoms with Crippen LogP contribution in [0.5, 0.6) is 11.5 Å². The van der Waals surface area contributed by atoms with Gasteiger partial charge in [0.1, 0.15) is 11.5 Å². The van der Waals surface area contributed by atoms with Gasteiger partial charge in [-0.3, -0.25) is 14.9 Å². The molecular weight excluding hydrogens is 270 g/mol. The number of non-ortho nitro benzene ring substituents is 1. The van der Waals surface area contributed by atoms with Gasteiger partial charge in [0.25, 0.3) is 5.69 Å². The molecular formula is C13H8ClNO4. The smallest absolute Gasteiger partial charge is 0.270 e. The standard InChI is InChI=1S/C13H8ClNO4/c14-10-1-4-12(5-2-10)19-13-6-3-11(15(17)18)7-9(13)8-16/h1-8H. The number of carbonyl (C=O) groups excluding carboxylic acids is 1. The molecule has 0 aliphatic rings. The average molecular weight is 278 g/mol. The number of carbonyl (C=O) groups is 1. The lowest BCUT2D eigenvalue weighted by Crippen LogP contribution is -1.94. The summed E-state index contributed by atoms with van der Waals surface area (Å²) in [5.74, 6) is 0.740. The summed E-state index contributed by atoms with van der Waals surface area (Å²) in [5, 5.41) is 11.2. The van der Waals surface area contributed by atoms with E-state index in [1.165, 1.54) is 12.1 Å². The average Bonchev–Trinajstić information content (AvgIpc) is 2.41. The minimum atomic E-state index is -0.570. The molecule has 0 saturated carbocycles. The zero-order valence-corrected chi connectivity index (χ0v) is 10.3. The summed E-state index contributed by atoms with van der Waals surface area (Å²) in [6.07, 6.45) is 0.512. The third-order valence-corrected chi connectivity index (χ3v) is 2.62. The van der Waals surface area contributed by atoms with Crippen molar-refractivity contribution in [2.24, 2.45) is 0 Å². The molecule has 0 atom stereocenters. The van der Waals surface area contributed by atoms with E-state index < -0.39 is 4.92 Å². The number of hydrogen-bond donors (Lipinski definition) is 0. The maximum absolute atomic E-state index is 10.9. The van der Waals surface area contributed by atoms with Crippen molar-refractivity contribution in [2.45, 2.75) is 0 Å². The van der Waals surface area contributed by atoms with Crippen LogP contribution in [0.3, 0.4) is 0 Å². The molecule has 96 valence electrons. The van der Waals surface area contributed by atoms with Gasteiger partial charge in [0, 0.05) is 17.2 Å². The Labute approximate surface area is 113 Å². The molecule has 2 aromatic carbocycles. The maximum Gasteiger partial charge on any atom is 0.270 e. The van der Waals surface area contributed by atoms with Crippen LogP contribution in [0.1, 0.15) is 10.4 Å². The van der Waals surface area contributed by atoms with Gasteiger partial charge in [0.2, 0.25) is 0 Å². The van der Waals surface area contributed by atoms with Gasteiger partial charge in [-0.2, -0.15) is 0 Å². The number of ether oxygens (including phenoxy) is 1. The van der Waals surface area contributed by atoms with Crippen LogP contribution in [-0.4, -0.2) is 11.2 Å². The number of hydrogen-bond acceptors (Lipinski definition) is 4. The second kappa shape index (κ2) is 5.49. The first kappa shape index (κ1) is 13.0. The number of benzene rings is 2. The summed E-state index contributed by atoms with van der Waals surface area (Å²) in [4.78, 5) is 21.0. The highest BCUT2D eigenvalue weighted by Gasteiger charge is 2.11. The van der Waals surface area contributed by atoms with E-state index in [-0.39, 0.29) is 17.0 Å². The minimum Gasteiger partial charge on any atom is -0.457 e. The van der Waals surface area contributed by atoms with Gasteiger partial charge in [0.15, 0.2) is 6.29 Å². The maximum atomic E-state index is 10.9. The highest BCUT2D eigenvalue weighted by Crippen LogP contribution is 2.28. The summed E-state index contributed by atoms with van der Waals surface area (Å²) >= 11 is 5.74. The Morgan fingerprint density at radius 3 is 2.42 bits per heavy atom. The lowest BCUT2D eigenvalue weighted by Gasteiger charge is -2.07. The first-order valence-electron chi connectivity index (χ1n) is 5.27. The topological polar surface area (TPSA) is 69.4 Å². The Kier molecular flexibility index (Phi) is 3.77. The normalized spacial score (nSPS) is 9.95. The molecule has 2 rings (SSSR count). The first-order valence-corrected chi connectivity index (χ1v) is 5.65. The Balaban J connectivity index is 2.32. The summed E-state index contributed by atoms with van der Waals surface area (Å²) in [6, 6.07) is 10.4. The molecule has 19 heavy (non-hydrogen) atoms. The van der Waals surface area contributed by atoms with Gasteiger partial charge >= 0.3 is 0 Å². The zero-order valence-electron chi connectivity index (χ0n) is 9.58. The molecule has 0 radical (unpaired) electrons. The van der Waals surface area contributed by atoms with Crippen LogP contribution in [0.2, 0.25) is 5.02 Å². The minimum absolute atomic E-state index is 0.115.